The molecule has 4 rings (SSSR count). The van der Waals surface area contributed by atoms with Crippen LogP contribution >= 0.6 is 23.8 Å². The summed E-state index contributed by atoms with van der Waals surface area (Å²) in [4.78, 5) is 17.3. The molecule has 0 bridgehead atoms. The first-order valence-corrected chi connectivity index (χ1v) is 10.2. The average molecular weight is 433 g/mol. The van der Waals surface area contributed by atoms with Crippen LogP contribution < -0.4 is 5.32 Å². The summed E-state index contributed by atoms with van der Waals surface area (Å²) in [5, 5.41) is 14.7. The lowest BCUT2D eigenvalue weighted by molar-refractivity contribution is -0.123. The number of aromatic amines is 1. The number of benzene rings is 1. The lowest BCUT2D eigenvalue weighted by atomic mass is 10.0. The van der Waals surface area contributed by atoms with Gasteiger partial charge in [-0.3, -0.25) is 14.5 Å². The first-order chi connectivity index (χ1) is 13.9. The predicted molar refractivity (Wildman–Crippen MR) is 110 cm³/mol. The Kier molecular flexibility index (Phi) is 5.51. The summed E-state index contributed by atoms with van der Waals surface area (Å²) in [5.41, 5.74) is 0.806. The number of nitrogens with one attached hydrogen (secondary N) is 2. The van der Waals surface area contributed by atoms with Gasteiger partial charge in [0.1, 0.15) is 12.6 Å². The summed E-state index contributed by atoms with van der Waals surface area (Å²) < 4.78 is 7.43. The maximum absolute atomic E-state index is 12.8. The van der Waals surface area contributed by atoms with Gasteiger partial charge >= 0.3 is 0 Å². The molecule has 0 radical (unpaired) electrons. The second-order valence-electron chi connectivity index (χ2n) is 7.50. The molecule has 1 aromatic carbocycles. The Morgan fingerprint density at radius 1 is 1.38 bits per heavy atom. The lowest BCUT2D eigenvalue weighted by Crippen LogP contribution is -2.34. The summed E-state index contributed by atoms with van der Waals surface area (Å²) in [7, 11) is 0. The Morgan fingerprint density at radius 3 is 2.76 bits per heavy atom. The number of amides is 1. The quantitative estimate of drug-likeness (QED) is 0.546. The molecule has 10 heteroatoms. The largest absolute Gasteiger partial charge is 0.342 e. The van der Waals surface area contributed by atoms with E-state index >= 15 is 0 Å². The highest BCUT2D eigenvalue weighted by molar-refractivity contribution is 7.71. The third-order valence-corrected chi connectivity index (χ3v) is 5.38. The fraction of sp³-hybridized carbons (Fsp3) is 0.421. The van der Waals surface area contributed by atoms with Gasteiger partial charge in [0.15, 0.2) is 16.4 Å². The van der Waals surface area contributed by atoms with E-state index in [1.807, 2.05) is 26.0 Å². The Balaban J connectivity index is 1.52. The van der Waals surface area contributed by atoms with Gasteiger partial charge in [-0.1, -0.05) is 30.6 Å². The molecule has 2 N–H and O–H groups in total. The third kappa shape index (κ3) is 4.40. The first-order valence-electron chi connectivity index (χ1n) is 9.46. The second kappa shape index (κ2) is 8.08. The second-order valence-corrected chi connectivity index (χ2v) is 8.32. The zero-order valence-corrected chi connectivity index (χ0v) is 17.6. The molecule has 1 aliphatic carbocycles. The van der Waals surface area contributed by atoms with Gasteiger partial charge in [-0.25, -0.2) is 0 Å². The van der Waals surface area contributed by atoms with Crippen molar-refractivity contribution in [2.45, 2.75) is 45.2 Å². The van der Waals surface area contributed by atoms with E-state index < -0.39 is 0 Å². The highest BCUT2D eigenvalue weighted by Crippen LogP contribution is 2.38. The smallest absolute Gasteiger partial charge is 0.249 e. The van der Waals surface area contributed by atoms with E-state index in [1.54, 1.807) is 16.7 Å². The molecule has 0 saturated heterocycles. The minimum Gasteiger partial charge on any atom is -0.342 e. The van der Waals surface area contributed by atoms with Crippen LogP contribution in [0.3, 0.4) is 0 Å². The van der Waals surface area contributed by atoms with Crippen LogP contribution in [0, 0.1) is 10.7 Å². The van der Waals surface area contributed by atoms with Crippen molar-refractivity contribution in [3.8, 4) is 11.4 Å². The molecule has 1 aliphatic rings. The van der Waals surface area contributed by atoms with Crippen molar-refractivity contribution in [1.82, 2.24) is 30.2 Å². The van der Waals surface area contributed by atoms with Crippen LogP contribution in [0.2, 0.25) is 5.02 Å². The summed E-state index contributed by atoms with van der Waals surface area (Å²) in [6, 6.07) is 6.82. The molecule has 1 unspecified atom stereocenters. The number of carbonyl (C=O) groups excluding carboxylic acids is 1. The van der Waals surface area contributed by atoms with Crippen LogP contribution in [0.15, 0.2) is 28.8 Å². The van der Waals surface area contributed by atoms with E-state index in [4.69, 9.17) is 28.3 Å². The fourth-order valence-electron chi connectivity index (χ4n) is 3.04. The molecule has 1 atom stereocenters. The van der Waals surface area contributed by atoms with Crippen LogP contribution in [0.1, 0.15) is 50.4 Å². The number of aromatic nitrogens is 5. The maximum atomic E-state index is 12.8. The van der Waals surface area contributed by atoms with Crippen molar-refractivity contribution in [3.05, 3.63) is 45.8 Å². The number of carbonyl (C=O) groups is 1. The summed E-state index contributed by atoms with van der Waals surface area (Å²) >= 11 is 11.3. The minimum atomic E-state index is -0.373. The number of hydrogen-bond donors (Lipinski definition) is 2. The Bertz CT molecular complexity index is 1070. The Morgan fingerprint density at radius 2 is 2.10 bits per heavy atom. The molecular formula is C19H21ClN6O2S. The molecule has 8 nitrogen and oxygen atoms in total. The first kappa shape index (κ1) is 19.8. The number of rotatable bonds is 7. The van der Waals surface area contributed by atoms with Gasteiger partial charge in [-0.15, -0.1) is 0 Å². The number of nitrogens with zero attached hydrogens (tertiary/aromatic N) is 4. The zero-order valence-electron chi connectivity index (χ0n) is 16.1. The van der Waals surface area contributed by atoms with Crippen molar-refractivity contribution in [2.75, 3.05) is 0 Å². The Labute approximate surface area is 177 Å². The van der Waals surface area contributed by atoms with Crippen LogP contribution in [0.5, 0.6) is 0 Å². The fourth-order valence-corrected chi connectivity index (χ4v) is 3.36. The topological polar surface area (TPSA) is 102 Å². The highest BCUT2D eigenvalue weighted by atomic mass is 35.5. The van der Waals surface area contributed by atoms with Crippen molar-refractivity contribution in [2.24, 2.45) is 5.92 Å². The van der Waals surface area contributed by atoms with Gasteiger partial charge in [-0.2, -0.15) is 10.1 Å². The van der Waals surface area contributed by atoms with Gasteiger partial charge in [0, 0.05) is 16.5 Å². The van der Waals surface area contributed by atoms with Gasteiger partial charge in [-0.05, 0) is 55.2 Å². The Hall–Kier alpha value is -2.52. The van der Waals surface area contributed by atoms with Gasteiger partial charge in [0.25, 0.3) is 0 Å². The summed E-state index contributed by atoms with van der Waals surface area (Å²) in [6.45, 7) is 4.00. The van der Waals surface area contributed by atoms with E-state index in [0.717, 1.165) is 24.2 Å². The molecule has 2 heterocycles. The molecule has 0 spiro atoms. The summed E-state index contributed by atoms with van der Waals surface area (Å²) in [6.07, 6.45) is 2.17. The maximum Gasteiger partial charge on any atom is 0.249 e. The standard InChI is InChI=1S/C19H21ClN6O2S/c1-10(2)15(18-22-16(25-28-18)11-3-4-11)21-14(27)9-26-17(23-24-19(26)29)12-5-7-13(20)8-6-12/h5-8,10-11,15H,3-4,9H2,1-2H3,(H,21,27)(H,24,29). The number of halogens is 1. The summed E-state index contributed by atoms with van der Waals surface area (Å²) in [5.74, 6) is 1.98. The van der Waals surface area contributed by atoms with Gasteiger partial charge in [0.05, 0.1) is 0 Å². The van der Waals surface area contributed by atoms with Crippen molar-refractivity contribution < 1.29 is 9.32 Å². The SMILES string of the molecule is CC(C)C(NC(=O)Cn1c(-c2ccc(Cl)cc2)n[nH]c1=S)c1nc(C2CC2)no1. The molecule has 0 aliphatic heterocycles. The molecule has 2 aromatic heterocycles. The normalized spacial score (nSPS) is 14.9. The molecule has 1 fully saturated rings. The van der Waals surface area contributed by atoms with E-state index in [1.165, 1.54) is 0 Å². The number of H-pyrrole nitrogens is 1. The van der Waals surface area contributed by atoms with Crippen molar-refractivity contribution in [1.29, 1.82) is 0 Å². The van der Waals surface area contributed by atoms with Gasteiger partial charge in [0.2, 0.25) is 11.8 Å². The third-order valence-electron chi connectivity index (χ3n) is 4.81. The van der Waals surface area contributed by atoms with Crippen molar-refractivity contribution >= 4 is 29.7 Å². The molecule has 29 heavy (non-hydrogen) atoms. The monoisotopic (exact) mass is 432 g/mol. The number of hydrogen-bond acceptors (Lipinski definition) is 6. The van der Waals surface area contributed by atoms with E-state index in [2.05, 4.69) is 25.7 Å². The molecule has 152 valence electrons. The zero-order chi connectivity index (χ0) is 20.5. The molecule has 1 saturated carbocycles. The van der Waals surface area contributed by atoms with Crippen LogP contribution in [-0.2, 0) is 11.3 Å². The van der Waals surface area contributed by atoms with E-state index in [0.29, 0.717) is 27.4 Å². The van der Waals surface area contributed by atoms with Gasteiger partial charge < -0.3 is 9.84 Å². The molecular weight excluding hydrogens is 412 g/mol. The minimum absolute atomic E-state index is 0.0140. The highest BCUT2D eigenvalue weighted by Gasteiger charge is 2.31. The lowest BCUT2D eigenvalue weighted by Gasteiger charge is -2.19. The van der Waals surface area contributed by atoms with Crippen molar-refractivity contribution in [3.63, 3.8) is 0 Å². The van der Waals surface area contributed by atoms with Crippen LogP contribution in [-0.4, -0.2) is 30.8 Å². The molecule has 1 amide bonds. The molecule has 3 aromatic rings. The predicted octanol–water partition coefficient (Wildman–Crippen LogP) is 4.03. The van der Waals surface area contributed by atoms with E-state index in [9.17, 15) is 4.79 Å². The van der Waals surface area contributed by atoms with Crippen LogP contribution in [0.4, 0.5) is 0 Å². The van der Waals surface area contributed by atoms with Crippen LogP contribution in [0.25, 0.3) is 11.4 Å². The van der Waals surface area contributed by atoms with E-state index in [-0.39, 0.29) is 24.4 Å². The average Bonchev–Trinajstić information content (AvgIpc) is 3.32.